The van der Waals surface area contributed by atoms with Crippen molar-refractivity contribution in [1.29, 1.82) is 0 Å². The van der Waals surface area contributed by atoms with Crippen LogP contribution < -0.4 is 15.8 Å². The van der Waals surface area contributed by atoms with Crippen LogP contribution in [0.5, 0.6) is 5.75 Å². The molecule has 0 aliphatic carbocycles. The van der Waals surface area contributed by atoms with Gasteiger partial charge in [-0.15, -0.1) is 0 Å². The number of ether oxygens (including phenoxy) is 1. The van der Waals surface area contributed by atoms with Gasteiger partial charge in [-0.2, -0.15) is 0 Å². The summed E-state index contributed by atoms with van der Waals surface area (Å²) in [6.07, 6.45) is 0. The first-order valence-electron chi connectivity index (χ1n) is 6.16. The van der Waals surface area contributed by atoms with Crippen LogP contribution in [0.3, 0.4) is 0 Å². The molecule has 0 aromatic heterocycles. The van der Waals surface area contributed by atoms with E-state index in [0.29, 0.717) is 18.0 Å². The van der Waals surface area contributed by atoms with E-state index in [-0.39, 0.29) is 0 Å². The minimum Gasteiger partial charge on any atom is -0.492 e. The van der Waals surface area contributed by atoms with Crippen LogP contribution in [0.25, 0.3) is 0 Å². The molecular weight excluding hydrogens is 304 g/mol. The van der Waals surface area contributed by atoms with E-state index < -0.39 is 0 Å². The zero-order chi connectivity index (χ0) is 13.8. The number of nitrogens with two attached hydrogens (primary N) is 1. The first kappa shape index (κ1) is 13.7. The van der Waals surface area contributed by atoms with E-state index in [1.54, 1.807) is 0 Å². The Morgan fingerprint density at radius 3 is 2.74 bits per heavy atom. The van der Waals surface area contributed by atoms with Crippen molar-refractivity contribution >= 4 is 33.0 Å². The number of halogens is 1. The fourth-order valence-corrected chi connectivity index (χ4v) is 2.17. The Kier molecular flexibility index (Phi) is 4.32. The number of aryl methyl sites for hydroxylation is 1. The number of hydrogen-bond acceptors (Lipinski definition) is 3. The first-order valence-corrected chi connectivity index (χ1v) is 6.95. The van der Waals surface area contributed by atoms with E-state index in [9.17, 15) is 0 Å². The predicted molar refractivity (Wildman–Crippen MR) is 84.2 cm³/mol. The third-order valence-electron chi connectivity index (χ3n) is 2.83. The molecule has 0 spiro atoms. The Morgan fingerprint density at radius 1 is 1.21 bits per heavy atom. The summed E-state index contributed by atoms with van der Waals surface area (Å²) in [4.78, 5) is 0. The maximum atomic E-state index is 6.11. The maximum Gasteiger partial charge on any atom is 0.144 e. The average molecular weight is 321 g/mol. The lowest BCUT2D eigenvalue weighted by molar-refractivity contribution is 0.342. The minimum absolute atomic E-state index is 0.601. The van der Waals surface area contributed by atoms with E-state index in [0.717, 1.165) is 21.4 Å². The second-order valence-corrected chi connectivity index (χ2v) is 5.15. The zero-order valence-electron chi connectivity index (χ0n) is 11.0. The average Bonchev–Trinajstić information content (AvgIpc) is 2.39. The third kappa shape index (κ3) is 3.20. The number of anilines is 3. The largest absolute Gasteiger partial charge is 0.492 e. The van der Waals surface area contributed by atoms with Crippen LogP contribution in [0.15, 0.2) is 40.9 Å². The summed E-state index contributed by atoms with van der Waals surface area (Å²) in [6.45, 7) is 4.60. The van der Waals surface area contributed by atoms with E-state index in [4.69, 9.17) is 10.5 Å². The standard InChI is InChI=1S/C15H17BrN2O/c1-3-19-14-6-4-5-12(15(14)17)18-13-9-11(16)8-7-10(13)2/h4-9,18H,3,17H2,1-2H3. The highest BCUT2D eigenvalue weighted by atomic mass is 79.9. The van der Waals surface area contributed by atoms with Crippen LogP contribution in [0.4, 0.5) is 17.1 Å². The topological polar surface area (TPSA) is 47.3 Å². The van der Waals surface area contributed by atoms with E-state index >= 15 is 0 Å². The molecule has 0 heterocycles. The molecule has 3 nitrogen and oxygen atoms in total. The Labute approximate surface area is 121 Å². The van der Waals surface area contributed by atoms with Gasteiger partial charge in [0.25, 0.3) is 0 Å². The van der Waals surface area contributed by atoms with Gasteiger partial charge >= 0.3 is 0 Å². The van der Waals surface area contributed by atoms with Gasteiger partial charge in [0.2, 0.25) is 0 Å². The van der Waals surface area contributed by atoms with Gasteiger partial charge in [-0.25, -0.2) is 0 Å². The summed E-state index contributed by atoms with van der Waals surface area (Å²) in [7, 11) is 0. The number of nitrogens with one attached hydrogen (secondary N) is 1. The summed E-state index contributed by atoms with van der Waals surface area (Å²) in [5, 5.41) is 3.35. The molecule has 0 fully saturated rings. The van der Waals surface area contributed by atoms with Crippen molar-refractivity contribution in [3.05, 3.63) is 46.4 Å². The highest BCUT2D eigenvalue weighted by Gasteiger charge is 2.07. The summed E-state index contributed by atoms with van der Waals surface area (Å²) in [5.74, 6) is 0.708. The van der Waals surface area contributed by atoms with Crippen LogP contribution in [0.2, 0.25) is 0 Å². The molecule has 2 aromatic rings. The van der Waals surface area contributed by atoms with Gasteiger partial charge in [0.1, 0.15) is 5.75 Å². The van der Waals surface area contributed by atoms with Crippen molar-refractivity contribution in [3.63, 3.8) is 0 Å². The number of nitrogen functional groups attached to an aromatic ring is 1. The normalized spacial score (nSPS) is 10.3. The molecule has 0 aliphatic heterocycles. The molecule has 0 bridgehead atoms. The van der Waals surface area contributed by atoms with Crippen LogP contribution >= 0.6 is 15.9 Å². The lowest BCUT2D eigenvalue weighted by Gasteiger charge is -2.14. The monoisotopic (exact) mass is 320 g/mol. The molecule has 0 amide bonds. The van der Waals surface area contributed by atoms with Gasteiger partial charge in [0.15, 0.2) is 0 Å². The zero-order valence-corrected chi connectivity index (χ0v) is 12.6. The molecule has 2 rings (SSSR count). The third-order valence-corrected chi connectivity index (χ3v) is 3.33. The molecular formula is C15H17BrN2O. The molecule has 19 heavy (non-hydrogen) atoms. The predicted octanol–water partition coefficient (Wildman–Crippen LogP) is 4.48. The van der Waals surface area contributed by atoms with Gasteiger partial charge in [-0.05, 0) is 43.7 Å². The van der Waals surface area contributed by atoms with Crippen LogP contribution in [-0.4, -0.2) is 6.61 Å². The highest BCUT2D eigenvalue weighted by molar-refractivity contribution is 9.10. The van der Waals surface area contributed by atoms with Crippen molar-refractivity contribution in [2.75, 3.05) is 17.7 Å². The van der Waals surface area contributed by atoms with E-state index in [1.165, 1.54) is 0 Å². The smallest absolute Gasteiger partial charge is 0.144 e. The number of hydrogen-bond donors (Lipinski definition) is 2. The Morgan fingerprint density at radius 2 is 2.00 bits per heavy atom. The lowest BCUT2D eigenvalue weighted by Crippen LogP contribution is -2.01. The molecule has 100 valence electrons. The SMILES string of the molecule is CCOc1cccc(Nc2cc(Br)ccc2C)c1N. The quantitative estimate of drug-likeness (QED) is 0.816. The molecule has 0 saturated carbocycles. The fourth-order valence-electron chi connectivity index (χ4n) is 1.81. The van der Waals surface area contributed by atoms with Gasteiger partial charge in [0.05, 0.1) is 18.0 Å². The van der Waals surface area contributed by atoms with E-state index in [1.807, 2.05) is 37.3 Å². The number of para-hydroxylation sites is 1. The summed E-state index contributed by atoms with van der Waals surface area (Å²) in [5.41, 5.74) is 9.77. The second kappa shape index (κ2) is 5.97. The lowest BCUT2D eigenvalue weighted by atomic mass is 10.2. The van der Waals surface area contributed by atoms with Gasteiger partial charge < -0.3 is 15.8 Å². The molecule has 3 N–H and O–H groups in total. The Balaban J connectivity index is 2.33. The maximum absolute atomic E-state index is 6.11. The van der Waals surface area contributed by atoms with Gasteiger partial charge in [-0.1, -0.05) is 28.1 Å². The fraction of sp³-hybridized carbons (Fsp3) is 0.200. The molecule has 0 atom stereocenters. The summed E-state index contributed by atoms with van der Waals surface area (Å²) in [6, 6.07) is 11.8. The van der Waals surface area contributed by atoms with Crippen molar-refractivity contribution in [1.82, 2.24) is 0 Å². The molecule has 0 aliphatic rings. The Bertz CT molecular complexity index is 584. The number of benzene rings is 2. The Hall–Kier alpha value is -1.68. The molecule has 0 saturated heterocycles. The van der Waals surface area contributed by atoms with Crippen molar-refractivity contribution in [3.8, 4) is 5.75 Å². The molecule has 0 radical (unpaired) electrons. The first-order chi connectivity index (χ1) is 9.11. The van der Waals surface area contributed by atoms with Crippen LogP contribution in [0.1, 0.15) is 12.5 Å². The van der Waals surface area contributed by atoms with Gasteiger partial charge in [0, 0.05) is 10.2 Å². The van der Waals surface area contributed by atoms with Crippen LogP contribution in [-0.2, 0) is 0 Å². The van der Waals surface area contributed by atoms with Crippen LogP contribution in [0, 0.1) is 6.92 Å². The second-order valence-electron chi connectivity index (χ2n) is 4.23. The minimum atomic E-state index is 0.601. The molecule has 4 heteroatoms. The van der Waals surface area contributed by atoms with Crippen molar-refractivity contribution in [2.24, 2.45) is 0 Å². The van der Waals surface area contributed by atoms with E-state index in [2.05, 4.69) is 34.2 Å². The van der Waals surface area contributed by atoms with Gasteiger partial charge in [-0.3, -0.25) is 0 Å². The molecule has 2 aromatic carbocycles. The van der Waals surface area contributed by atoms with Crippen molar-refractivity contribution in [2.45, 2.75) is 13.8 Å². The summed E-state index contributed by atoms with van der Waals surface area (Å²) >= 11 is 3.47. The summed E-state index contributed by atoms with van der Waals surface area (Å²) < 4.78 is 6.52. The highest BCUT2D eigenvalue weighted by Crippen LogP contribution is 2.33. The van der Waals surface area contributed by atoms with Crippen molar-refractivity contribution < 1.29 is 4.74 Å². The number of rotatable bonds is 4. The molecule has 0 unspecified atom stereocenters.